The summed E-state index contributed by atoms with van der Waals surface area (Å²) in [5.74, 6) is 0.257. The molecule has 2 aromatic rings. The summed E-state index contributed by atoms with van der Waals surface area (Å²) < 4.78 is 28.9. The predicted octanol–water partition coefficient (Wildman–Crippen LogP) is 3.25. The third kappa shape index (κ3) is 3.30. The average Bonchev–Trinajstić information content (AvgIpc) is 2.95. The average molecular weight is 398 g/mol. The second-order valence-corrected chi connectivity index (χ2v) is 8.97. The molecule has 2 aromatic carbocycles. The Labute approximate surface area is 165 Å². The largest absolute Gasteiger partial charge is 0.343 e. The number of anilines is 1. The molecule has 7 heteroatoms. The maximum atomic E-state index is 13.1. The van der Waals surface area contributed by atoms with Gasteiger partial charge in [0, 0.05) is 17.8 Å². The number of carbonyl (C=O) groups is 1. The molecule has 0 aromatic heterocycles. The highest BCUT2D eigenvalue weighted by Gasteiger charge is 2.38. The standard InChI is InChI=1S/C21H23N3O3S/c1-14-10-11-17(15(2)13-14)22-21(25)18-8-5-6-12-24(18)20-16-7-3-4-9-19(16)28(26,27)23-20/h3-4,7,9-11,13,18H,5-6,8,12H2,1-2H3,(H,22,25)/t18-/m1/s1. The quantitative estimate of drug-likeness (QED) is 0.844. The third-order valence-corrected chi connectivity index (χ3v) is 6.65. The number of likely N-dealkylation sites (tertiary alicyclic amines) is 1. The lowest BCUT2D eigenvalue weighted by Crippen LogP contribution is -2.50. The molecular formula is C21H23N3O3S. The second-order valence-electron chi connectivity index (χ2n) is 7.40. The zero-order chi connectivity index (χ0) is 19.9. The highest BCUT2D eigenvalue weighted by Crippen LogP contribution is 2.31. The van der Waals surface area contributed by atoms with E-state index < -0.39 is 16.1 Å². The van der Waals surface area contributed by atoms with E-state index in [9.17, 15) is 13.2 Å². The summed E-state index contributed by atoms with van der Waals surface area (Å²) in [5, 5.41) is 3.02. The van der Waals surface area contributed by atoms with Crippen molar-refractivity contribution in [3.63, 3.8) is 0 Å². The molecule has 2 aliphatic rings. The van der Waals surface area contributed by atoms with Crippen molar-refractivity contribution in [2.45, 2.75) is 44.0 Å². The molecule has 0 spiro atoms. The smallest absolute Gasteiger partial charge is 0.285 e. The van der Waals surface area contributed by atoms with Gasteiger partial charge in [-0.25, -0.2) is 0 Å². The summed E-state index contributed by atoms with van der Waals surface area (Å²) in [4.78, 5) is 15.2. The van der Waals surface area contributed by atoms with Gasteiger partial charge in [-0.3, -0.25) is 4.79 Å². The minimum Gasteiger partial charge on any atom is -0.343 e. The van der Waals surface area contributed by atoms with Gasteiger partial charge < -0.3 is 10.2 Å². The predicted molar refractivity (Wildman–Crippen MR) is 109 cm³/mol. The van der Waals surface area contributed by atoms with Gasteiger partial charge in [0.2, 0.25) is 5.91 Å². The number of amides is 1. The summed E-state index contributed by atoms with van der Waals surface area (Å²) in [5.41, 5.74) is 3.50. The Balaban J connectivity index is 1.65. The molecule has 0 saturated carbocycles. The van der Waals surface area contributed by atoms with E-state index in [1.807, 2.05) is 36.9 Å². The summed E-state index contributed by atoms with van der Waals surface area (Å²) >= 11 is 0. The molecule has 1 N–H and O–H groups in total. The maximum absolute atomic E-state index is 13.1. The maximum Gasteiger partial charge on any atom is 0.285 e. The van der Waals surface area contributed by atoms with Gasteiger partial charge in [0.1, 0.15) is 10.9 Å². The molecule has 0 radical (unpaired) electrons. The van der Waals surface area contributed by atoms with Crippen LogP contribution in [0.3, 0.4) is 0 Å². The molecule has 28 heavy (non-hydrogen) atoms. The van der Waals surface area contributed by atoms with Gasteiger partial charge in [-0.05, 0) is 56.9 Å². The van der Waals surface area contributed by atoms with E-state index in [-0.39, 0.29) is 10.8 Å². The van der Waals surface area contributed by atoms with Crippen LogP contribution >= 0.6 is 0 Å². The molecule has 1 saturated heterocycles. The van der Waals surface area contributed by atoms with Crippen molar-refractivity contribution in [3.05, 3.63) is 59.2 Å². The number of fused-ring (bicyclic) bond motifs is 1. The minimum atomic E-state index is -3.71. The molecule has 0 bridgehead atoms. The van der Waals surface area contributed by atoms with Gasteiger partial charge in [0.15, 0.2) is 5.84 Å². The number of aryl methyl sites for hydroxylation is 2. The number of sulfonamides is 1. The molecule has 1 amide bonds. The number of nitrogens with zero attached hydrogens (tertiary/aromatic N) is 2. The van der Waals surface area contributed by atoms with Gasteiger partial charge in [0.25, 0.3) is 10.0 Å². The van der Waals surface area contributed by atoms with Crippen LogP contribution in [-0.4, -0.2) is 37.6 Å². The fourth-order valence-electron chi connectivity index (χ4n) is 3.92. The molecular weight excluding hydrogens is 374 g/mol. The topological polar surface area (TPSA) is 78.8 Å². The summed E-state index contributed by atoms with van der Waals surface area (Å²) in [7, 11) is -3.71. The van der Waals surface area contributed by atoms with Gasteiger partial charge in [-0.1, -0.05) is 29.8 Å². The van der Waals surface area contributed by atoms with Crippen LogP contribution in [0.15, 0.2) is 51.8 Å². The highest BCUT2D eigenvalue weighted by atomic mass is 32.2. The Morgan fingerprint density at radius 1 is 1.14 bits per heavy atom. The Bertz CT molecular complexity index is 1080. The van der Waals surface area contributed by atoms with Crippen LogP contribution in [-0.2, 0) is 14.8 Å². The first-order valence-corrected chi connectivity index (χ1v) is 10.9. The molecule has 6 nitrogen and oxygen atoms in total. The van der Waals surface area contributed by atoms with Crippen LogP contribution in [0, 0.1) is 13.8 Å². The van der Waals surface area contributed by atoms with Gasteiger partial charge >= 0.3 is 0 Å². The van der Waals surface area contributed by atoms with E-state index in [2.05, 4.69) is 9.71 Å². The van der Waals surface area contributed by atoms with Crippen molar-refractivity contribution >= 4 is 27.5 Å². The summed E-state index contributed by atoms with van der Waals surface area (Å²) in [6, 6.07) is 12.3. The Hall–Kier alpha value is -2.67. The van der Waals surface area contributed by atoms with E-state index in [1.54, 1.807) is 24.3 Å². The Kier molecular flexibility index (Phi) is 4.71. The van der Waals surface area contributed by atoms with Crippen LogP contribution in [0.5, 0.6) is 0 Å². The van der Waals surface area contributed by atoms with Gasteiger partial charge in [0.05, 0.1) is 0 Å². The normalized spacial score (nSPS) is 20.4. The van der Waals surface area contributed by atoms with Crippen LogP contribution in [0.2, 0.25) is 0 Å². The summed E-state index contributed by atoms with van der Waals surface area (Å²) in [6.07, 6.45) is 2.48. The number of benzene rings is 2. The first-order chi connectivity index (χ1) is 13.4. The lowest BCUT2D eigenvalue weighted by atomic mass is 9.99. The van der Waals surface area contributed by atoms with Crippen LogP contribution in [0.1, 0.15) is 36.0 Å². The lowest BCUT2D eigenvalue weighted by Gasteiger charge is -2.36. The number of amidine groups is 1. The van der Waals surface area contributed by atoms with Crippen molar-refractivity contribution in [1.82, 2.24) is 4.90 Å². The Morgan fingerprint density at radius 3 is 2.71 bits per heavy atom. The van der Waals surface area contributed by atoms with E-state index in [4.69, 9.17) is 0 Å². The SMILES string of the molecule is Cc1ccc(NC(=O)[C@H]2CCCCN2C2=NS(=O)(=O)c3ccccc32)c(C)c1. The number of hydrogen-bond acceptors (Lipinski definition) is 4. The van der Waals surface area contributed by atoms with Crippen LogP contribution < -0.4 is 5.32 Å². The second kappa shape index (κ2) is 7.05. The zero-order valence-electron chi connectivity index (χ0n) is 16.0. The number of nitrogens with one attached hydrogen (secondary N) is 1. The van der Waals surface area contributed by atoms with E-state index in [1.165, 1.54) is 0 Å². The van der Waals surface area contributed by atoms with E-state index in [0.29, 0.717) is 24.4 Å². The number of rotatable bonds is 2. The number of hydrogen-bond donors (Lipinski definition) is 1. The minimum absolute atomic E-state index is 0.129. The molecule has 4 rings (SSSR count). The Morgan fingerprint density at radius 2 is 1.93 bits per heavy atom. The van der Waals surface area contributed by atoms with E-state index >= 15 is 0 Å². The monoisotopic (exact) mass is 397 g/mol. The molecule has 2 heterocycles. The molecule has 2 aliphatic heterocycles. The molecule has 0 aliphatic carbocycles. The van der Waals surface area contributed by atoms with Crippen molar-refractivity contribution in [1.29, 1.82) is 0 Å². The lowest BCUT2D eigenvalue weighted by molar-refractivity contribution is -0.120. The molecule has 146 valence electrons. The third-order valence-electron chi connectivity index (χ3n) is 5.33. The number of carbonyl (C=O) groups excluding carboxylic acids is 1. The van der Waals surface area contributed by atoms with Crippen molar-refractivity contribution in [3.8, 4) is 0 Å². The first kappa shape index (κ1) is 18.7. The van der Waals surface area contributed by atoms with Gasteiger partial charge in [-0.15, -0.1) is 4.40 Å². The zero-order valence-corrected chi connectivity index (χ0v) is 16.8. The fourth-order valence-corrected chi connectivity index (χ4v) is 5.14. The molecule has 1 atom stereocenters. The van der Waals surface area contributed by atoms with Crippen molar-refractivity contribution < 1.29 is 13.2 Å². The fraction of sp³-hybridized carbons (Fsp3) is 0.333. The van der Waals surface area contributed by atoms with Crippen molar-refractivity contribution in [2.24, 2.45) is 4.40 Å². The van der Waals surface area contributed by atoms with Gasteiger partial charge in [-0.2, -0.15) is 8.42 Å². The van der Waals surface area contributed by atoms with E-state index in [0.717, 1.165) is 29.7 Å². The number of piperidine rings is 1. The first-order valence-electron chi connectivity index (χ1n) is 9.46. The van der Waals surface area contributed by atoms with Crippen LogP contribution in [0.25, 0.3) is 0 Å². The van der Waals surface area contributed by atoms with Crippen molar-refractivity contribution in [2.75, 3.05) is 11.9 Å². The highest BCUT2D eigenvalue weighted by molar-refractivity contribution is 7.90. The molecule has 0 unspecified atom stereocenters. The summed E-state index contributed by atoms with van der Waals surface area (Å²) in [6.45, 7) is 4.58. The van der Waals surface area contributed by atoms with Crippen LogP contribution in [0.4, 0.5) is 5.69 Å². The molecule has 1 fully saturated rings.